The second-order valence-corrected chi connectivity index (χ2v) is 8.99. The fourth-order valence-electron chi connectivity index (χ4n) is 5.33. The number of H-pyrrole nitrogens is 1. The normalized spacial score (nSPS) is 21.5. The molecule has 3 aromatic rings. The summed E-state index contributed by atoms with van der Waals surface area (Å²) >= 11 is 0. The average molecular weight is 433 g/mol. The summed E-state index contributed by atoms with van der Waals surface area (Å²) < 4.78 is 13.5. The van der Waals surface area contributed by atoms with Crippen LogP contribution in [-0.4, -0.2) is 51.6 Å². The van der Waals surface area contributed by atoms with E-state index in [9.17, 15) is 9.18 Å². The number of carbonyl (C=O) groups excluding carboxylic acids is 1. The summed E-state index contributed by atoms with van der Waals surface area (Å²) in [6.07, 6.45) is 5.18. The molecule has 32 heavy (non-hydrogen) atoms. The first-order chi connectivity index (χ1) is 15.7. The molecule has 0 spiro atoms. The molecule has 5 nitrogen and oxygen atoms in total. The molecule has 6 heteroatoms. The Labute approximate surface area is 188 Å². The minimum absolute atomic E-state index is 0.215. The van der Waals surface area contributed by atoms with Crippen molar-refractivity contribution in [2.24, 2.45) is 5.92 Å². The Morgan fingerprint density at radius 1 is 1.09 bits per heavy atom. The van der Waals surface area contributed by atoms with Gasteiger partial charge in [0.15, 0.2) is 0 Å². The van der Waals surface area contributed by atoms with Gasteiger partial charge in [0.25, 0.3) is 0 Å². The number of hydrogen-bond acceptors (Lipinski definition) is 3. The number of hydrogen-bond donors (Lipinski definition) is 1. The molecule has 2 aromatic carbocycles. The van der Waals surface area contributed by atoms with Crippen LogP contribution < -0.4 is 0 Å². The van der Waals surface area contributed by atoms with Crippen molar-refractivity contribution < 1.29 is 9.18 Å². The number of nitrogens with zero attached hydrogens (tertiary/aromatic N) is 3. The van der Waals surface area contributed by atoms with Crippen LogP contribution in [0.5, 0.6) is 0 Å². The van der Waals surface area contributed by atoms with Crippen molar-refractivity contribution >= 4 is 5.91 Å². The second-order valence-electron chi connectivity index (χ2n) is 8.99. The van der Waals surface area contributed by atoms with E-state index in [1.165, 1.54) is 11.6 Å². The van der Waals surface area contributed by atoms with Gasteiger partial charge in [-0.05, 0) is 48.4 Å². The molecule has 2 aliphatic heterocycles. The van der Waals surface area contributed by atoms with Crippen molar-refractivity contribution in [3.05, 3.63) is 77.7 Å². The molecule has 0 aliphatic carbocycles. The molecule has 0 unspecified atom stereocenters. The van der Waals surface area contributed by atoms with Crippen LogP contribution in [-0.2, 0) is 17.8 Å². The van der Waals surface area contributed by atoms with Gasteiger partial charge in [-0.3, -0.25) is 14.8 Å². The van der Waals surface area contributed by atoms with E-state index in [1.807, 2.05) is 30.5 Å². The molecule has 1 amide bonds. The van der Waals surface area contributed by atoms with Gasteiger partial charge in [-0.2, -0.15) is 5.10 Å². The molecule has 1 aromatic heterocycles. The Kier molecular flexibility index (Phi) is 6.04. The highest BCUT2D eigenvalue weighted by molar-refractivity contribution is 5.77. The largest absolute Gasteiger partial charge is 0.339 e. The lowest BCUT2D eigenvalue weighted by molar-refractivity contribution is -0.141. The Morgan fingerprint density at radius 3 is 2.81 bits per heavy atom. The lowest BCUT2D eigenvalue weighted by Crippen LogP contribution is -2.56. The quantitative estimate of drug-likeness (QED) is 0.633. The number of benzene rings is 2. The maximum atomic E-state index is 13.5. The van der Waals surface area contributed by atoms with Gasteiger partial charge in [-0.15, -0.1) is 0 Å². The van der Waals surface area contributed by atoms with Crippen LogP contribution in [0, 0.1) is 11.7 Å². The van der Waals surface area contributed by atoms with Crippen LogP contribution in [0.25, 0.3) is 11.3 Å². The standard InChI is InChI=1S/C26H29FN4O/c27-23-8-4-5-19(15-23)11-14-31-24-12-13-30(17-21(24)9-10-25(31)32)18-22-16-28-29-26(22)20-6-2-1-3-7-20/h1-8,15-16,21,24H,9-14,17-18H2,(H,28,29)/t21-,24+/m1/s1. The highest BCUT2D eigenvalue weighted by Crippen LogP contribution is 2.33. The van der Waals surface area contributed by atoms with E-state index in [1.54, 1.807) is 12.1 Å². The van der Waals surface area contributed by atoms with Crippen LogP contribution in [0.4, 0.5) is 4.39 Å². The van der Waals surface area contributed by atoms with Gasteiger partial charge in [0.2, 0.25) is 5.91 Å². The smallest absolute Gasteiger partial charge is 0.222 e. The number of likely N-dealkylation sites (tertiary alicyclic amines) is 2. The van der Waals surface area contributed by atoms with E-state index in [2.05, 4.69) is 32.1 Å². The second kappa shape index (κ2) is 9.25. The molecule has 2 saturated heterocycles. The Hall–Kier alpha value is -2.99. The molecule has 3 heterocycles. The number of amides is 1. The van der Waals surface area contributed by atoms with Crippen LogP contribution in [0.1, 0.15) is 30.4 Å². The van der Waals surface area contributed by atoms with Gasteiger partial charge in [0, 0.05) is 44.2 Å². The molecule has 2 atom stereocenters. The van der Waals surface area contributed by atoms with Gasteiger partial charge in [-0.1, -0.05) is 42.5 Å². The Bertz CT molecular complexity index is 1070. The maximum Gasteiger partial charge on any atom is 0.222 e. The predicted octanol–water partition coefficient (Wildman–Crippen LogP) is 4.27. The third kappa shape index (κ3) is 4.46. The third-order valence-electron chi connectivity index (χ3n) is 6.93. The lowest BCUT2D eigenvalue weighted by atomic mass is 9.83. The first-order valence-electron chi connectivity index (χ1n) is 11.5. The minimum atomic E-state index is -0.215. The van der Waals surface area contributed by atoms with Crippen LogP contribution >= 0.6 is 0 Å². The number of carbonyl (C=O) groups is 1. The van der Waals surface area contributed by atoms with Crippen molar-refractivity contribution in [2.75, 3.05) is 19.6 Å². The summed E-state index contributed by atoms with van der Waals surface area (Å²) in [6, 6.07) is 17.3. The average Bonchev–Trinajstić information content (AvgIpc) is 3.27. The minimum Gasteiger partial charge on any atom is -0.339 e. The number of nitrogens with one attached hydrogen (secondary N) is 1. The van der Waals surface area contributed by atoms with Gasteiger partial charge in [0.1, 0.15) is 5.82 Å². The molecule has 2 fully saturated rings. The number of rotatable bonds is 6. The molecular formula is C26H29FN4O. The fourth-order valence-corrected chi connectivity index (χ4v) is 5.33. The van der Waals surface area contributed by atoms with E-state index in [-0.39, 0.29) is 11.7 Å². The summed E-state index contributed by atoms with van der Waals surface area (Å²) in [5.74, 6) is 0.520. The number of fused-ring (bicyclic) bond motifs is 1. The summed E-state index contributed by atoms with van der Waals surface area (Å²) in [7, 11) is 0. The first-order valence-corrected chi connectivity index (χ1v) is 11.5. The molecule has 2 aliphatic rings. The summed E-state index contributed by atoms with van der Waals surface area (Å²) in [5, 5.41) is 7.46. The monoisotopic (exact) mass is 432 g/mol. The van der Waals surface area contributed by atoms with Crippen LogP contribution in [0.15, 0.2) is 60.8 Å². The Morgan fingerprint density at radius 2 is 1.97 bits per heavy atom. The van der Waals surface area contributed by atoms with E-state index < -0.39 is 0 Å². The lowest BCUT2D eigenvalue weighted by Gasteiger charge is -2.47. The van der Waals surface area contributed by atoms with E-state index in [4.69, 9.17) is 0 Å². The Balaban J connectivity index is 1.23. The van der Waals surface area contributed by atoms with Crippen molar-refractivity contribution in [1.29, 1.82) is 0 Å². The topological polar surface area (TPSA) is 52.2 Å². The molecule has 166 valence electrons. The SMILES string of the molecule is O=C1CC[C@@H]2CN(Cc3cn[nH]c3-c3ccccc3)CC[C@@H]2N1CCc1cccc(F)c1. The summed E-state index contributed by atoms with van der Waals surface area (Å²) in [4.78, 5) is 17.3. The van der Waals surface area contributed by atoms with E-state index in [0.29, 0.717) is 31.3 Å². The van der Waals surface area contributed by atoms with Gasteiger partial charge >= 0.3 is 0 Å². The zero-order valence-electron chi connectivity index (χ0n) is 18.2. The molecule has 0 radical (unpaired) electrons. The van der Waals surface area contributed by atoms with Gasteiger partial charge in [0.05, 0.1) is 11.9 Å². The van der Waals surface area contributed by atoms with Gasteiger partial charge in [-0.25, -0.2) is 4.39 Å². The summed E-state index contributed by atoms with van der Waals surface area (Å²) in [5.41, 5.74) is 4.40. The molecule has 1 N–H and O–H groups in total. The van der Waals surface area contributed by atoms with E-state index in [0.717, 1.165) is 49.3 Å². The van der Waals surface area contributed by atoms with Crippen LogP contribution in [0.2, 0.25) is 0 Å². The zero-order valence-corrected chi connectivity index (χ0v) is 18.2. The fraction of sp³-hybridized carbons (Fsp3) is 0.385. The van der Waals surface area contributed by atoms with Gasteiger partial charge < -0.3 is 4.90 Å². The predicted molar refractivity (Wildman–Crippen MR) is 122 cm³/mol. The molecule has 0 saturated carbocycles. The number of piperidine rings is 2. The number of aromatic nitrogens is 2. The van der Waals surface area contributed by atoms with E-state index >= 15 is 0 Å². The highest BCUT2D eigenvalue weighted by Gasteiger charge is 2.39. The number of aromatic amines is 1. The van der Waals surface area contributed by atoms with Crippen molar-refractivity contribution in [1.82, 2.24) is 20.0 Å². The molecular weight excluding hydrogens is 403 g/mol. The maximum absolute atomic E-state index is 13.5. The molecule has 0 bridgehead atoms. The number of halogens is 1. The summed E-state index contributed by atoms with van der Waals surface area (Å²) in [6.45, 7) is 3.49. The molecule has 5 rings (SSSR count). The third-order valence-corrected chi connectivity index (χ3v) is 6.93. The van der Waals surface area contributed by atoms with Crippen molar-refractivity contribution in [3.63, 3.8) is 0 Å². The van der Waals surface area contributed by atoms with Crippen molar-refractivity contribution in [2.45, 2.75) is 38.3 Å². The zero-order chi connectivity index (χ0) is 21.9. The highest BCUT2D eigenvalue weighted by atomic mass is 19.1. The van der Waals surface area contributed by atoms with Crippen LogP contribution in [0.3, 0.4) is 0 Å². The first kappa shape index (κ1) is 20.9. The van der Waals surface area contributed by atoms with Crippen molar-refractivity contribution in [3.8, 4) is 11.3 Å².